The molecule has 0 spiro atoms. The molecule has 0 saturated carbocycles. The van der Waals surface area contributed by atoms with Crippen molar-refractivity contribution in [3.05, 3.63) is 60.2 Å². The fraction of sp³-hybridized carbons (Fsp3) is 0.417. The highest BCUT2D eigenvalue weighted by atomic mass is 16.5. The maximum Gasteiger partial charge on any atom is 0.411 e. The van der Waals surface area contributed by atoms with Crippen molar-refractivity contribution in [2.45, 2.75) is 52.1 Å². The molecular weight excluding hydrogens is 382 g/mol. The first-order valence-electron chi connectivity index (χ1n) is 10.5. The van der Waals surface area contributed by atoms with E-state index in [0.29, 0.717) is 25.3 Å². The van der Waals surface area contributed by atoms with Gasteiger partial charge in [0, 0.05) is 12.1 Å². The van der Waals surface area contributed by atoms with Crippen LogP contribution < -0.4 is 10.1 Å². The van der Waals surface area contributed by atoms with Gasteiger partial charge in [0.05, 0.1) is 13.2 Å². The molecule has 0 fully saturated rings. The predicted molar refractivity (Wildman–Crippen MR) is 117 cm³/mol. The standard InChI is InChI=1S/C24H31NO5/c1-2-28-23(26)13-9-4-3-5-10-18-29-22-16-14-21(15-17-22)25-24(27)30-19-20-11-7-6-8-12-20/h6-8,11-12,14-17H,2-5,9-10,13,18-19H2,1H3,(H,25,27). The lowest BCUT2D eigenvalue weighted by atomic mass is 10.1. The van der Waals surface area contributed by atoms with Crippen molar-refractivity contribution < 1.29 is 23.8 Å². The van der Waals surface area contributed by atoms with Crippen LogP contribution in [0.5, 0.6) is 5.75 Å². The largest absolute Gasteiger partial charge is 0.494 e. The van der Waals surface area contributed by atoms with Gasteiger partial charge < -0.3 is 14.2 Å². The molecule has 0 aliphatic heterocycles. The molecule has 0 aliphatic rings. The summed E-state index contributed by atoms with van der Waals surface area (Å²) < 4.78 is 15.8. The van der Waals surface area contributed by atoms with E-state index in [9.17, 15) is 9.59 Å². The van der Waals surface area contributed by atoms with Gasteiger partial charge in [0.1, 0.15) is 12.4 Å². The molecule has 6 heteroatoms. The normalized spacial score (nSPS) is 10.3. The Labute approximate surface area is 178 Å². The molecule has 2 rings (SSSR count). The first-order valence-corrected chi connectivity index (χ1v) is 10.5. The van der Waals surface area contributed by atoms with Gasteiger partial charge in [-0.05, 0) is 49.6 Å². The van der Waals surface area contributed by atoms with E-state index in [2.05, 4.69) is 5.32 Å². The topological polar surface area (TPSA) is 73.9 Å². The first kappa shape index (κ1) is 23.3. The zero-order valence-electron chi connectivity index (χ0n) is 17.6. The van der Waals surface area contributed by atoms with E-state index in [4.69, 9.17) is 14.2 Å². The van der Waals surface area contributed by atoms with Gasteiger partial charge in [-0.3, -0.25) is 10.1 Å². The van der Waals surface area contributed by atoms with Gasteiger partial charge in [-0.2, -0.15) is 0 Å². The van der Waals surface area contributed by atoms with E-state index < -0.39 is 6.09 Å². The van der Waals surface area contributed by atoms with Gasteiger partial charge >= 0.3 is 12.1 Å². The molecule has 1 N–H and O–H groups in total. The molecule has 0 aliphatic carbocycles. The number of carbonyl (C=O) groups excluding carboxylic acids is 2. The molecule has 2 aromatic rings. The van der Waals surface area contributed by atoms with Crippen LogP contribution in [0, 0.1) is 0 Å². The number of esters is 1. The Balaban J connectivity index is 1.54. The summed E-state index contributed by atoms with van der Waals surface area (Å²) in [5.41, 5.74) is 1.59. The Morgan fingerprint density at radius 3 is 2.27 bits per heavy atom. The number of nitrogens with one attached hydrogen (secondary N) is 1. The van der Waals surface area contributed by atoms with Crippen LogP contribution in [0.4, 0.5) is 10.5 Å². The van der Waals surface area contributed by atoms with Crippen molar-refractivity contribution in [3.8, 4) is 5.75 Å². The zero-order valence-corrected chi connectivity index (χ0v) is 17.6. The number of ether oxygens (including phenoxy) is 3. The minimum atomic E-state index is -0.490. The summed E-state index contributed by atoms with van der Waals surface area (Å²) in [6.45, 7) is 3.15. The quantitative estimate of drug-likeness (QED) is 0.336. The Kier molecular flexibility index (Phi) is 10.9. The summed E-state index contributed by atoms with van der Waals surface area (Å²) >= 11 is 0. The van der Waals surface area contributed by atoms with Crippen LogP contribution in [0.2, 0.25) is 0 Å². The lowest BCUT2D eigenvalue weighted by Gasteiger charge is -2.09. The lowest BCUT2D eigenvalue weighted by molar-refractivity contribution is -0.143. The van der Waals surface area contributed by atoms with Crippen LogP contribution in [0.1, 0.15) is 51.0 Å². The highest BCUT2D eigenvalue weighted by Crippen LogP contribution is 2.17. The Morgan fingerprint density at radius 2 is 1.53 bits per heavy atom. The average Bonchev–Trinajstić information content (AvgIpc) is 2.76. The van der Waals surface area contributed by atoms with E-state index in [1.54, 1.807) is 12.1 Å². The fourth-order valence-corrected chi connectivity index (χ4v) is 2.84. The van der Waals surface area contributed by atoms with E-state index in [-0.39, 0.29) is 12.6 Å². The minimum Gasteiger partial charge on any atom is -0.494 e. The minimum absolute atomic E-state index is 0.108. The first-order chi connectivity index (χ1) is 14.7. The lowest BCUT2D eigenvalue weighted by Crippen LogP contribution is -2.13. The van der Waals surface area contributed by atoms with Gasteiger partial charge in [0.2, 0.25) is 0 Å². The Bertz CT molecular complexity index is 746. The number of hydrogen-bond donors (Lipinski definition) is 1. The molecular formula is C24H31NO5. The molecule has 0 radical (unpaired) electrons. The molecule has 6 nitrogen and oxygen atoms in total. The van der Waals surface area contributed by atoms with Crippen molar-refractivity contribution in [2.24, 2.45) is 0 Å². The van der Waals surface area contributed by atoms with Crippen LogP contribution in [-0.2, 0) is 20.9 Å². The maximum absolute atomic E-state index is 11.9. The Morgan fingerprint density at radius 1 is 0.833 bits per heavy atom. The van der Waals surface area contributed by atoms with Gasteiger partial charge in [-0.15, -0.1) is 0 Å². The summed E-state index contributed by atoms with van der Waals surface area (Å²) in [5, 5.41) is 2.70. The molecule has 0 heterocycles. The summed E-state index contributed by atoms with van der Waals surface area (Å²) in [5.74, 6) is 0.656. The summed E-state index contributed by atoms with van der Waals surface area (Å²) in [7, 11) is 0. The third-order valence-electron chi connectivity index (χ3n) is 4.41. The van der Waals surface area contributed by atoms with Crippen molar-refractivity contribution in [2.75, 3.05) is 18.5 Å². The second-order valence-corrected chi connectivity index (χ2v) is 6.88. The molecule has 0 atom stereocenters. The molecule has 2 aromatic carbocycles. The molecule has 0 unspecified atom stereocenters. The number of benzene rings is 2. The third kappa shape index (κ3) is 9.96. The maximum atomic E-state index is 11.9. The van der Waals surface area contributed by atoms with Gasteiger partial charge in [-0.25, -0.2) is 4.79 Å². The van der Waals surface area contributed by atoms with Crippen molar-refractivity contribution in [1.82, 2.24) is 0 Å². The van der Waals surface area contributed by atoms with Crippen LogP contribution in [0.3, 0.4) is 0 Å². The second kappa shape index (κ2) is 14.0. The van der Waals surface area contributed by atoms with E-state index >= 15 is 0 Å². The number of hydrogen-bond acceptors (Lipinski definition) is 5. The molecule has 30 heavy (non-hydrogen) atoms. The van der Waals surface area contributed by atoms with Gasteiger partial charge in [-0.1, -0.05) is 49.6 Å². The number of unbranched alkanes of at least 4 members (excludes halogenated alkanes) is 4. The summed E-state index contributed by atoms with van der Waals surface area (Å²) in [6, 6.07) is 16.8. The zero-order chi connectivity index (χ0) is 21.4. The third-order valence-corrected chi connectivity index (χ3v) is 4.41. The van der Waals surface area contributed by atoms with E-state index in [1.807, 2.05) is 49.4 Å². The van der Waals surface area contributed by atoms with Crippen LogP contribution in [0.15, 0.2) is 54.6 Å². The highest BCUT2D eigenvalue weighted by Gasteiger charge is 2.04. The van der Waals surface area contributed by atoms with Crippen molar-refractivity contribution in [3.63, 3.8) is 0 Å². The summed E-state index contributed by atoms with van der Waals surface area (Å²) in [4.78, 5) is 23.1. The molecule has 0 aromatic heterocycles. The predicted octanol–water partition coefficient (Wildman–Crippen LogP) is 5.72. The number of anilines is 1. The smallest absolute Gasteiger partial charge is 0.411 e. The van der Waals surface area contributed by atoms with Crippen LogP contribution >= 0.6 is 0 Å². The number of carbonyl (C=O) groups is 2. The van der Waals surface area contributed by atoms with Crippen LogP contribution in [-0.4, -0.2) is 25.3 Å². The highest BCUT2D eigenvalue weighted by molar-refractivity contribution is 5.84. The van der Waals surface area contributed by atoms with Crippen molar-refractivity contribution >= 4 is 17.7 Å². The van der Waals surface area contributed by atoms with Crippen molar-refractivity contribution in [1.29, 1.82) is 0 Å². The van der Waals surface area contributed by atoms with E-state index in [1.165, 1.54) is 0 Å². The number of amides is 1. The molecule has 162 valence electrons. The Hall–Kier alpha value is -3.02. The van der Waals surface area contributed by atoms with Crippen LogP contribution in [0.25, 0.3) is 0 Å². The SMILES string of the molecule is CCOC(=O)CCCCCCCOc1ccc(NC(=O)OCc2ccccc2)cc1. The molecule has 1 amide bonds. The van der Waals surface area contributed by atoms with E-state index in [0.717, 1.165) is 43.4 Å². The van der Waals surface area contributed by atoms with Gasteiger partial charge in [0.15, 0.2) is 0 Å². The second-order valence-electron chi connectivity index (χ2n) is 6.88. The summed E-state index contributed by atoms with van der Waals surface area (Å²) in [6.07, 6.45) is 5.03. The molecule has 0 bridgehead atoms. The monoisotopic (exact) mass is 413 g/mol. The average molecular weight is 414 g/mol. The van der Waals surface area contributed by atoms with Gasteiger partial charge in [0.25, 0.3) is 0 Å². The fourth-order valence-electron chi connectivity index (χ4n) is 2.84. The molecule has 0 saturated heterocycles. The number of rotatable bonds is 13.